The lowest BCUT2D eigenvalue weighted by Crippen LogP contribution is -2.48. The van der Waals surface area contributed by atoms with Crippen molar-refractivity contribution in [2.24, 2.45) is 5.92 Å². The summed E-state index contributed by atoms with van der Waals surface area (Å²) in [6, 6.07) is 0. The zero-order chi connectivity index (χ0) is 20.5. The summed E-state index contributed by atoms with van der Waals surface area (Å²) in [6.07, 6.45) is 11.3. The van der Waals surface area contributed by atoms with Crippen LogP contribution in [0.2, 0.25) is 0 Å². The minimum Gasteiger partial charge on any atom is -0.379 e. The third-order valence-electron chi connectivity index (χ3n) is 5.36. The first-order valence-electron chi connectivity index (χ1n) is 11.8. The Labute approximate surface area is 173 Å². The summed E-state index contributed by atoms with van der Waals surface area (Å²) in [4.78, 5) is 0. The summed E-state index contributed by atoms with van der Waals surface area (Å²) in [5, 5.41) is 0. The lowest BCUT2D eigenvalue weighted by atomic mass is 9.87. The molecule has 0 aromatic heterocycles. The van der Waals surface area contributed by atoms with Crippen LogP contribution in [0.5, 0.6) is 0 Å². The maximum Gasteiger partial charge on any atom is 0.194 e. The number of epoxide rings is 1. The highest BCUT2D eigenvalue weighted by atomic mass is 16.7. The molecule has 0 radical (unpaired) electrons. The molecule has 2 atom stereocenters. The first-order chi connectivity index (χ1) is 13.7. The van der Waals surface area contributed by atoms with E-state index in [1.165, 1.54) is 38.5 Å². The molecule has 1 fully saturated rings. The molecular formula is C23H46O5. The second-order valence-electron chi connectivity index (χ2n) is 7.74. The Morgan fingerprint density at radius 2 is 1.46 bits per heavy atom. The van der Waals surface area contributed by atoms with Gasteiger partial charge in [0.25, 0.3) is 0 Å². The predicted octanol–water partition coefficient (Wildman–Crippen LogP) is 5.35. The monoisotopic (exact) mass is 402 g/mol. The van der Waals surface area contributed by atoms with Crippen molar-refractivity contribution in [3.63, 3.8) is 0 Å². The van der Waals surface area contributed by atoms with Crippen molar-refractivity contribution in [1.29, 1.82) is 0 Å². The van der Waals surface area contributed by atoms with Crippen molar-refractivity contribution in [2.45, 2.75) is 97.4 Å². The fourth-order valence-corrected chi connectivity index (χ4v) is 3.78. The smallest absolute Gasteiger partial charge is 0.194 e. The molecule has 0 amide bonds. The Bertz CT molecular complexity index is 340. The van der Waals surface area contributed by atoms with Gasteiger partial charge in [0.15, 0.2) is 5.79 Å². The van der Waals surface area contributed by atoms with Crippen LogP contribution in [-0.4, -0.2) is 58.1 Å². The molecule has 0 bridgehead atoms. The second kappa shape index (κ2) is 16.6. The van der Waals surface area contributed by atoms with Crippen LogP contribution >= 0.6 is 0 Å². The van der Waals surface area contributed by atoms with E-state index in [4.69, 9.17) is 23.7 Å². The van der Waals surface area contributed by atoms with E-state index in [9.17, 15) is 0 Å². The van der Waals surface area contributed by atoms with E-state index in [0.717, 1.165) is 39.1 Å². The maximum absolute atomic E-state index is 6.23. The number of unbranched alkanes of at least 4 members (excludes halogenated alkanes) is 5. The molecular weight excluding hydrogens is 356 g/mol. The van der Waals surface area contributed by atoms with Crippen LogP contribution in [0.15, 0.2) is 0 Å². The first-order valence-corrected chi connectivity index (χ1v) is 11.8. The van der Waals surface area contributed by atoms with Crippen LogP contribution in [0.3, 0.4) is 0 Å². The Morgan fingerprint density at radius 3 is 2.07 bits per heavy atom. The maximum atomic E-state index is 6.23. The van der Waals surface area contributed by atoms with Gasteiger partial charge in [-0.15, -0.1) is 0 Å². The van der Waals surface area contributed by atoms with Crippen molar-refractivity contribution in [2.75, 3.05) is 46.2 Å². The summed E-state index contributed by atoms with van der Waals surface area (Å²) in [5.41, 5.74) is 0. The van der Waals surface area contributed by atoms with Gasteiger partial charge in [-0.2, -0.15) is 0 Å². The summed E-state index contributed by atoms with van der Waals surface area (Å²) < 4.78 is 29.2. The lowest BCUT2D eigenvalue weighted by Gasteiger charge is -2.40. The third-order valence-corrected chi connectivity index (χ3v) is 5.36. The average molecular weight is 403 g/mol. The largest absolute Gasteiger partial charge is 0.379 e. The Hall–Kier alpha value is -0.200. The van der Waals surface area contributed by atoms with Gasteiger partial charge in [-0.05, 0) is 40.0 Å². The molecule has 1 rings (SSSR count). The summed E-state index contributed by atoms with van der Waals surface area (Å²) in [7, 11) is 0. The molecule has 28 heavy (non-hydrogen) atoms. The van der Waals surface area contributed by atoms with E-state index >= 15 is 0 Å². The third kappa shape index (κ3) is 11.1. The molecule has 0 aromatic carbocycles. The van der Waals surface area contributed by atoms with Gasteiger partial charge < -0.3 is 23.7 Å². The quantitative estimate of drug-likeness (QED) is 0.147. The van der Waals surface area contributed by atoms with Crippen molar-refractivity contribution >= 4 is 0 Å². The van der Waals surface area contributed by atoms with Crippen molar-refractivity contribution in [1.82, 2.24) is 0 Å². The summed E-state index contributed by atoms with van der Waals surface area (Å²) in [6.45, 7) is 13.2. The van der Waals surface area contributed by atoms with E-state index in [0.29, 0.717) is 38.4 Å². The molecule has 5 nitrogen and oxygen atoms in total. The molecule has 1 saturated heterocycles. The molecule has 1 aliphatic rings. The van der Waals surface area contributed by atoms with E-state index in [1.807, 2.05) is 20.8 Å². The predicted molar refractivity (Wildman–Crippen MR) is 114 cm³/mol. The van der Waals surface area contributed by atoms with Crippen molar-refractivity contribution in [3.05, 3.63) is 0 Å². The zero-order valence-corrected chi connectivity index (χ0v) is 19.0. The number of ether oxygens (including phenoxy) is 5. The number of rotatable bonds is 21. The molecule has 5 heteroatoms. The van der Waals surface area contributed by atoms with Gasteiger partial charge in [0.05, 0.1) is 13.2 Å². The fourth-order valence-electron chi connectivity index (χ4n) is 3.78. The van der Waals surface area contributed by atoms with Gasteiger partial charge in [-0.25, -0.2) is 0 Å². The van der Waals surface area contributed by atoms with Crippen LogP contribution in [0.25, 0.3) is 0 Å². The molecule has 2 unspecified atom stereocenters. The fraction of sp³-hybridized carbons (Fsp3) is 1.00. The van der Waals surface area contributed by atoms with E-state index < -0.39 is 5.79 Å². The number of hydrogen-bond donors (Lipinski definition) is 0. The SMILES string of the molecule is CCCCCCCCC(CCCOCC1CO1)C(COCC)(OCC)OCC. The van der Waals surface area contributed by atoms with Crippen molar-refractivity contribution < 1.29 is 23.7 Å². The summed E-state index contributed by atoms with van der Waals surface area (Å²) in [5.74, 6) is -0.311. The Balaban J connectivity index is 2.58. The highest BCUT2D eigenvalue weighted by molar-refractivity contribution is 4.81. The Kier molecular flexibility index (Phi) is 15.3. The highest BCUT2D eigenvalue weighted by Crippen LogP contribution is 2.33. The minimum atomic E-state index is -0.636. The molecule has 168 valence electrons. The average Bonchev–Trinajstić information content (AvgIpc) is 3.51. The Morgan fingerprint density at radius 1 is 0.821 bits per heavy atom. The summed E-state index contributed by atoms with van der Waals surface area (Å²) >= 11 is 0. The van der Waals surface area contributed by atoms with Crippen LogP contribution in [-0.2, 0) is 23.7 Å². The van der Waals surface area contributed by atoms with Crippen LogP contribution in [0, 0.1) is 5.92 Å². The van der Waals surface area contributed by atoms with Gasteiger partial charge >= 0.3 is 0 Å². The van der Waals surface area contributed by atoms with E-state index in [2.05, 4.69) is 6.92 Å². The van der Waals surface area contributed by atoms with Crippen LogP contribution in [0.4, 0.5) is 0 Å². The van der Waals surface area contributed by atoms with Gasteiger partial charge in [0.1, 0.15) is 12.7 Å². The van der Waals surface area contributed by atoms with Gasteiger partial charge in [0.2, 0.25) is 0 Å². The number of hydrogen-bond acceptors (Lipinski definition) is 5. The molecule has 0 aliphatic carbocycles. The molecule has 0 N–H and O–H groups in total. The molecule has 1 heterocycles. The van der Waals surface area contributed by atoms with Crippen LogP contribution < -0.4 is 0 Å². The van der Waals surface area contributed by atoms with E-state index in [-0.39, 0.29) is 0 Å². The molecule has 0 saturated carbocycles. The molecule has 0 aromatic rings. The minimum absolute atomic E-state index is 0.325. The lowest BCUT2D eigenvalue weighted by molar-refractivity contribution is -0.288. The van der Waals surface area contributed by atoms with Crippen LogP contribution in [0.1, 0.15) is 85.5 Å². The van der Waals surface area contributed by atoms with Gasteiger partial charge in [-0.3, -0.25) is 0 Å². The first kappa shape index (κ1) is 25.8. The van der Waals surface area contributed by atoms with Gasteiger partial charge in [0, 0.05) is 32.3 Å². The van der Waals surface area contributed by atoms with Crippen molar-refractivity contribution in [3.8, 4) is 0 Å². The second-order valence-corrected chi connectivity index (χ2v) is 7.74. The highest BCUT2D eigenvalue weighted by Gasteiger charge is 2.40. The molecule has 1 aliphatic heterocycles. The molecule has 0 spiro atoms. The topological polar surface area (TPSA) is 49.5 Å². The van der Waals surface area contributed by atoms with Gasteiger partial charge in [-0.1, -0.05) is 45.4 Å². The zero-order valence-electron chi connectivity index (χ0n) is 19.0. The van der Waals surface area contributed by atoms with E-state index in [1.54, 1.807) is 0 Å². The standard InChI is InChI=1S/C23H46O5/c1-5-9-10-11-12-13-15-21(16-14-17-25-18-22-19-26-22)23(27-7-3,28-8-4)20-24-6-2/h21-22H,5-20H2,1-4H3. The normalized spacial score (nSPS) is 17.8.